The first kappa shape index (κ1) is 15.4. The van der Waals surface area contributed by atoms with Crippen LogP contribution in [0.2, 0.25) is 0 Å². The second kappa shape index (κ2) is 6.02. The Morgan fingerprint density at radius 1 is 1.39 bits per heavy atom. The number of nitrogens with two attached hydrogens (primary N) is 1. The SMILES string of the molecule is CCCNC(COC(C)(C)CC)(C(N)=O)C1CC1. The van der Waals surface area contributed by atoms with Crippen LogP contribution in [-0.2, 0) is 9.53 Å². The van der Waals surface area contributed by atoms with Gasteiger partial charge in [0.25, 0.3) is 0 Å². The summed E-state index contributed by atoms with van der Waals surface area (Å²) >= 11 is 0. The normalized spacial score (nSPS) is 19.6. The summed E-state index contributed by atoms with van der Waals surface area (Å²) in [5.74, 6) is 0.0690. The molecule has 1 saturated carbocycles. The number of amides is 1. The van der Waals surface area contributed by atoms with Crippen LogP contribution in [0.4, 0.5) is 0 Å². The molecule has 1 unspecified atom stereocenters. The average molecular weight is 256 g/mol. The fourth-order valence-electron chi connectivity index (χ4n) is 2.01. The highest BCUT2D eigenvalue weighted by Gasteiger charge is 2.50. The summed E-state index contributed by atoms with van der Waals surface area (Å²) in [6.07, 6.45) is 4.03. The summed E-state index contributed by atoms with van der Waals surface area (Å²) in [6, 6.07) is 0. The lowest BCUT2D eigenvalue weighted by Gasteiger charge is -2.35. The molecule has 1 fully saturated rings. The van der Waals surface area contributed by atoms with Crippen LogP contribution in [0.3, 0.4) is 0 Å². The second-order valence-electron chi connectivity index (χ2n) is 5.94. The number of ether oxygens (including phenoxy) is 1. The van der Waals surface area contributed by atoms with Crippen molar-refractivity contribution in [3.8, 4) is 0 Å². The van der Waals surface area contributed by atoms with E-state index in [0.29, 0.717) is 12.5 Å². The maximum atomic E-state index is 11.9. The molecule has 1 aliphatic carbocycles. The van der Waals surface area contributed by atoms with E-state index < -0.39 is 5.54 Å². The minimum atomic E-state index is -0.664. The number of nitrogens with one attached hydrogen (secondary N) is 1. The van der Waals surface area contributed by atoms with E-state index in [1.807, 2.05) is 13.8 Å². The first-order chi connectivity index (χ1) is 8.38. The summed E-state index contributed by atoms with van der Waals surface area (Å²) in [6.45, 7) is 9.45. The Morgan fingerprint density at radius 2 is 2.00 bits per heavy atom. The Balaban J connectivity index is 2.72. The zero-order valence-corrected chi connectivity index (χ0v) is 12.2. The number of hydrogen-bond acceptors (Lipinski definition) is 3. The molecule has 0 bridgehead atoms. The van der Waals surface area contributed by atoms with Crippen molar-refractivity contribution in [2.24, 2.45) is 11.7 Å². The van der Waals surface area contributed by atoms with Crippen molar-refractivity contribution >= 4 is 5.91 Å². The molecule has 0 saturated heterocycles. The van der Waals surface area contributed by atoms with Crippen LogP contribution in [0.1, 0.15) is 53.4 Å². The summed E-state index contributed by atoms with van der Waals surface area (Å²) in [5, 5.41) is 3.34. The van der Waals surface area contributed by atoms with Crippen molar-refractivity contribution < 1.29 is 9.53 Å². The smallest absolute Gasteiger partial charge is 0.240 e. The Hall–Kier alpha value is -0.610. The molecule has 0 aliphatic heterocycles. The molecular weight excluding hydrogens is 228 g/mol. The number of primary amides is 1. The zero-order chi connectivity index (χ0) is 13.8. The topological polar surface area (TPSA) is 64.3 Å². The van der Waals surface area contributed by atoms with Crippen LogP contribution in [0, 0.1) is 5.92 Å². The Morgan fingerprint density at radius 3 is 2.39 bits per heavy atom. The standard InChI is InChI=1S/C14H28N2O2/c1-5-9-16-14(12(15)17,11-7-8-11)10-18-13(3,4)6-2/h11,16H,5-10H2,1-4H3,(H2,15,17). The van der Waals surface area contributed by atoms with Gasteiger partial charge in [0, 0.05) is 0 Å². The van der Waals surface area contributed by atoms with Crippen molar-refractivity contribution in [1.29, 1.82) is 0 Å². The van der Waals surface area contributed by atoms with Crippen LogP contribution < -0.4 is 11.1 Å². The van der Waals surface area contributed by atoms with Gasteiger partial charge in [-0.3, -0.25) is 4.79 Å². The minimum absolute atomic E-state index is 0.205. The quantitative estimate of drug-likeness (QED) is 0.661. The lowest BCUT2D eigenvalue weighted by atomic mass is 9.92. The van der Waals surface area contributed by atoms with E-state index >= 15 is 0 Å². The first-order valence-electron chi connectivity index (χ1n) is 7.07. The molecule has 0 spiro atoms. The predicted octanol–water partition coefficient (Wildman–Crippen LogP) is 1.83. The Bertz CT molecular complexity index is 288. The van der Waals surface area contributed by atoms with Gasteiger partial charge in [0.1, 0.15) is 5.54 Å². The number of carbonyl (C=O) groups is 1. The van der Waals surface area contributed by atoms with Crippen LogP contribution in [0.25, 0.3) is 0 Å². The molecule has 18 heavy (non-hydrogen) atoms. The molecule has 0 heterocycles. The zero-order valence-electron chi connectivity index (χ0n) is 12.2. The third kappa shape index (κ3) is 3.69. The fourth-order valence-corrected chi connectivity index (χ4v) is 2.01. The van der Waals surface area contributed by atoms with Crippen molar-refractivity contribution in [3.63, 3.8) is 0 Å². The molecule has 106 valence electrons. The summed E-state index contributed by atoms with van der Waals surface area (Å²) < 4.78 is 5.94. The van der Waals surface area contributed by atoms with E-state index in [0.717, 1.165) is 32.2 Å². The molecule has 0 aromatic rings. The summed E-state index contributed by atoms with van der Waals surface area (Å²) in [5.41, 5.74) is 4.77. The monoisotopic (exact) mass is 256 g/mol. The van der Waals surface area contributed by atoms with Gasteiger partial charge < -0.3 is 15.8 Å². The fraction of sp³-hybridized carbons (Fsp3) is 0.929. The highest BCUT2D eigenvalue weighted by molar-refractivity contribution is 5.85. The van der Waals surface area contributed by atoms with Gasteiger partial charge >= 0.3 is 0 Å². The number of carbonyl (C=O) groups excluding carboxylic acids is 1. The Kier molecular flexibility index (Phi) is 5.17. The van der Waals surface area contributed by atoms with Gasteiger partial charge in [-0.15, -0.1) is 0 Å². The maximum Gasteiger partial charge on any atom is 0.240 e. The third-order valence-electron chi connectivity index (χ3n) is 3.95. The van der Waals surface area contributed by atoms with E-state index in [4.69, 9.17) is 10.5 Å². The minimum Gasteiger partial charge on any atom is -0.373 e. The van der Waals surface area contributed by atoms with Crippen LogP contribution >= 0.6 is 0 Å². The van der Waals surface area contributed by atoms with Crippen molar-refractivity contribution in [1.82, 2.24) is 5.32 Å². The first-order valence-corrected chi connectivity index (χ1v) is 7.07. The van der Waals surface area contributed by atoms with Gasteiger partial charge in [0.05, 0.1) is 12.2 Å². The molecule has 0 aromatic carbocycles. The van der Waals surface area contributed by atoms with Crippen LogP contribution in [0.5, 0.6) is 0 Å². The van der Waals surface area contributed by atoms with Crippen molar-refractivity contribution in [3.05, 3.63) is 0 Å². The van der Waals surface area contributed by atoms with Gasteiger partial charge in [0.2, 0.25) is 5.91 Å². The largest absolute Gasteiger partial charge is 0.373 e. The van der Waals surface area contributed by atoms with Gasteiger partial charge in [-0.2, -0.15) is 0 Å². The van der Waals surface area contributed by atoms with E-state index in [-0.39, 0.29) is 11.5 Å². The molecule has 1 rings (SSSR count). The molecule has 1 aliphatic rings. The van der Waals surface area contributed by atoms with Gasteiger partial charge in [-0.1, -0.05) is 13.8 Å². The molecule has 0 radical (unpaired) electrons. The average Bonchev–Trinajstić information content (AvgIpc) is 3.14. The molecule has 3 N–H and O–H groups in total. The van der Waals surface area contributed by atoms with E-state index in [2.05, 4.69) is 19.2 Å². The number of hydrogen-bond donors (Lipinski definition) is 2. The summed E-state index contributed by atoms with van der Waals surface area (Å²) in [7, 11) is 0. The second-order valence-corrected chi connectivity index (χ2v) is 5.94. The summed E-state index contributed by atoms with van der Waals surface area (Å²) in [4.78, 5) is 11.9. The van der Waals surface area contributed by atoms with Crippen molar-refractivity contribution in [2.45, 2.75) is 64.5 Å². The van der Waals surface area contributed by atoms with Crippen LogP contribution in [-0.4, -0.2) is 30.2 Å². The predicted molar refractivity (Wildman–Crippen MR) is 73.3 cm³/mol. The number of rotatable bonds is 9. The van der Waals surface area contributed by atoms with E-state index in [1.165, 1.54) is 0 Å². The maximum absolute atomic E-state index is 11.9. The van der Waals surface area contributed by atoms with Gasteiger partial charge in [-0.25, -0.2) is 0 Å². The molecular formula is C14H28N2O2. The highest BCUT2D eigenvalue weighted by Crippen LogP contribution is 2.40. The third-order valence-corrected chi connectivity index (χ3v) is 3.95. The molecule has 4 nitrogen and oxygen atoms in total. The lowest BCUT2D eigenvalue weighted by Crippen LogP contribution is -2.61. The van der Waals surface area contributed by atoms with Gasteiger partial charge in [-0.05, 0) is 52.0 Å². The molecule has 1 amide bonds. The highest BCUT2D eigenvalue weighted by atomic mass is 16.5. The van der Waals surface area contributed by atoms with Gasteiger partial charge in [0.15, 0.2) is 0 Å². The van der Waals surface area contributed by atoms with Crippen LogP contribution in [0.15, 0.2) is 0 Å². The molecule has 0 aromatic heterocycles. The molecule has 1 atom stereocenters. The molecule has 4 heteroatoms. The Labute approximate surface area is 111 Å². The van der Waals surface area contributed by atoms with E-state index in [1.54, 1.807) is 0 Å². The van der Waals surface area contributed by atoms with E-state index in [9.17, 15) is 4.79 Å². The lowest BCUT2D eigenvalue weighted by molar-refractivity contribution is -0.132. The van der Waals surface area contributed by atoms with Crippen molar-refractivity contribution in [2.75, 3.05) is 13.2 Å².